The highest BCUT2D eigenvalue weighted by Crippen LogP contribution is 2.32. The van der Waals surface area contributed by atoms with Gasteiger partial charge in [0.1, 0.15) is 17.2 Å². The number of hydrogen-bond acceptors (Lipinski definition) is 5. The van der Waals surface area contributed by atoms with Crippen LogP contribution in [0.25, 0.3) is 33.6 Å². The summed E-state index contributed by atoms with van der Waals surface area (Å²) in [5, 5.41) is 9.44. The van der Waals surface area contributed by atoms with Crippen molar-refractivity contribution in [3.63, 3.8) is 0 Å². The Bertz CT molecular complexity index is 1520. The number of carbonyl (C=O) groups excluding carboxylic acids is 1. The van der Waals surface area contributed by atoms with E-state index in [0.717, 1.165) is 46.5 Å². The van der Waals surface area contributed by atoms with Crippen LogP contribution in [-0.4, -0.2) is 66.2 Å². The number of nitrogens with zero attached hydrogens (tertiary/aromatic N) is 4. The molecule has 214 valence electrons. The molecular weight excluding hydrogens is 520 g/mol. The molecule has 1 aliphatic heterocycles. The van der Waals surface area contributed by atoms with Gasteiger partial charge in [-0.15, -0.1) is 0 Å². The second-order valence-electron chi connectivity index (χ2n) is 11.4. The van der Waals surface area contributed by atoms with Crippen molar-refractivity contribution in [2.45, 2.75) is 58.2 Å². The smallest absolute Gasteiger partial charge is 0.410 e. The molecule has 10 nitrogen and oxygen atoms in total. The van der Waals surface area contributed by atoms with Gasteiger partial charge in [0.25, 0.3) is 0 Å². The van der Waals surface area contributed by atoms with Crippen molar-refractivity contribution >= 4 is 12.2 Å². The van der Waals surface area contributed by atoms with E-state index in [1.54, 1.807) is 19.4 Å². The molecule has 10 heteroatoms. The summed E-state index contributed by atoms with van der Waals surface area (Å²) >= 11 is 0. The number of benzene rings is 2. The predicted octanol–water partition coefficient (Wildman–Crippen LogP) is 6.88. The first kappa shape index (κ1) is 27.9. The summed E-state index contributed by atoms with van der Waals surface area (Å²) in [7, 11) is 1.70. The van der Waals surface area contributed by atoms with Crippen LogP contribution >= 0.6 is 0 Å². The zero-order valence-electron chi connectivity index (χ0n) is 24.0. The minimum absolute atomic E-state index is 0.223. The van der Waals surface area contributed by atoms with Gasteiger partial charge in [0.2, 0.25) is 0 Å². The molecule has 0 saturated carbocycles. The maximum absolute atomic E-state index is 12.4. The van der Waals surface area contributed by atoms with Gasteiger partial charge in [-0.2, -0.15) is 0 Å². The van der Waals surface area contributed by atoms with Crippen LogP contribution in [0.4, 0.5) is 9.59 Å². The zero-order chi connectivity index (χ0) is 29.3. The highest BCUT2D eigenvalue weighted by Gasteiger charge is 2.32. The number of hydrogen-bond donors (Lipinski definition) is 3. The van der Waals surface area contributed by atoms with E-state index in [4.69, 9.17) is 4.74 Å². The summed E-state index contributed by atoms with van der Waals surface area (Å²) in [5.41, 5.74) is 5.29. The Morgan fingerprint density at radius 1 is 0.951 bits per heavy atom. The Kier molecular flexibility index (Phi) is 7.57. The summed E-state index contributed by atoms with van der Waals surface area (Å²) in [6.45, 7) is 7.97. The number of amides is 2. The van der Waals surface area contributed by atoms with Gasteiger partial charge in [0, 0.05) is 13.6 Å². The van der Waals surface area contributed by atoms with Crippen molar-refractivity contribution in [2.75, 3.05) is 13.6 Å². The molecule has 2 aromatic heterocycles. The van der Waals surface area contributed by atoms with Gasteiger partial charge in [-0.05, 0) is 62.8 Å². The Hall–Kier alpha value is -4.60. The summed E-state index contributed by atoms with van der Waals surface area (Å²) < 4.78 is 5.47. The molecule has 0 aliphatic carbocycles. The minimum Gasteiger partial charge on any atom is -0.465 e. The average molecular weight is 557 g/mol. The maximum Gasteiger partial charge on any atom is 0.410 e. The van der Waals surface area contributed by atoms with E-state index in [0.29, 0.717) is 18.2 Å². The topological polar surface area (TPSA) is 127 Å². The van der Waals surface area contributed by atoms with Crippen molar-refractivity contribution in [2.24, 2.45) is 0 Å². The molecule has 2 aromatic carbocycles. The Labute approximate surface area is 239 Å². The Balaban J connectivity index is 1.25. The molecule has 2 atom stereocenters. The molecular formula is C31H36N6O4. The molecule has 3 N–H and O–H groups in total. The molecule has 4 aromatic rings. The SMILES string of the molecule is C[C@@H](c1ncc(-c2ccc(-c3ccc(-c4cnc([C@@H]5CCCN5C(=O)O)[nH]4)cc3)cc2)[nH]1)N(C)C(=O)OC(C)(C)C. The van der Waals surface area contributed by atoms with Gasteiger partial charge in [-0.1, -0.05) is 48.5 Å². The van der Waals surface area contributed by atoms with Crippen LogP contribution in [0.5, 0.6) is 0 Å². The van der Waals surface area contributed by atoms with E-state index in [1.807, 2.05) is 52.0 Å². The van der Waals surface area contributed by atoms with Crippen molar-refractivity contribution in [3.05, 3.63) is 72.6 Å². The number of imidazole rings is 2. The van der Waals surface area contributed by atoms with Crippen LogP contribution in [0, 0.1) is 0 Å². The molecule has 3 heterocycles. The zero-order valence-corrected chi connectivity index (χ0v) is 24.0. The lowest BCUT2D eigenvalue weighted by molar-refractivity contribution is 0.0227. The number of aromatic amines is 2. The fraction of sp³-hybridized carbons (Fsp3) is 0.355. The molecule has 0 radical (unpaired) electrons. The van der Waals surface area contributed by atoms with Gasteiger partial charge in [-0.3, -0.25) is 4.90 Å². The third kappa shape index (κ3) is 6.11. The van der Waals surface area contributed by atoms with E-state index in [2.05, 4.69) is 44.2 Å². The lowest BCUT2D eigenvalue weighted by Crippen LogP contribution is -2.36. The number of nitrogens with one attached hydrogen (secondary N) is 2. The highest BCUT2D eigenvalue weighted by molar-refractivity contribution is 5.72. The molecule has 1 aliphatic rings. The third-order valence-electron chi connectivity index (χ3n) is 7.39. The van der Waals surface area contributed by atoms with Crippen LogP contribution in [0.2, 0.25) is 0 Å². The number of ether oxygens (including phenoxy) is 1. The fourth-order valence-corrected chi connectivity index (χ4v) is 4.99. The average Bonchev–Trinajstić information content (AvgIpc) is 3.72. The molecule has 2 amide bonds. The van der Waals surface area contributed by atoms with E-state index in [9.17, 15) is 14.7 Å². The van der Waals surface area contributed by atoms with Crippen LogP contribution in [0.3, 0.4) is 0 Å². The number of H-pyrrole nitrogens is 2. The predicted molar refractivity (Wildman–Crippen MR) is 156 cm³/mol. The lowest BCUT2D eigenvalue weighted by Gasteiger charge is -2.27. The molecule has 1 fully saturated rings. The van der Waals surface area contributed by atoms with Crippen LogP contribution in [0.15, 0.2) is 60.9 Å². The van der Waals surface area contributed by atoms with Gasteiger partial charge in [0.15, 0.2) is 0 Å². The van der Waals surface area contributed by atoms with Crippen LogP contribution in [0.1, 0.15) is 64.3 Å². The first-order chi connectivity index (χ1) is 19.5. The van der Waals surface area contributed by atoms with E-state index >= 15 is 0 Å². The van der Waals surface area contributed by atoms with Crippen LogP contribution in [-0.2, 0) is 4.74 Å². The third-order valence-corrected chi connectivity index (χ3v) is 7.39. The molecule has 5 rings (SSSR count). The van der Waals surface area contributed by atoms with Crippen LogP contribution < -0.4 is 0 Å². The van der Waals surface area contributed by atoms with Gasteiger partial charge in [-0.25, -0.2) is 19.6 Å². The molecule has 1 saturated heterocycles. The standard InChI is InChI=1S/C31H36N6O4/c1-19(36(5)30(40)41-31(2,3)4)27-32-17-24(34-27)22-12-8-20(9-13-22)21-10-14-23(15-11-21)25-18-33-28(35-25)26-7-6-16-37(26)29(38)39/h8-15,17-19,26H,6-7,16H2,1-5H3,(H,32,34)(H,33,35)(H,38,39)/t19-,26-/m0/s1. The Morgan fingerprint density at radius 2 is 1.49 bits per heavy atom. The normalized spacial score (nSPS) is 16.0. The van der Waals surface area contributed by atoms with Crippen molar-refractivity contribution in [1.29, 1.82) is 0 Å². The number of aromatic nitrogens is 4. The lowest BCUT2D eigenvalue weighted by atomic mass is 10.0. The van der Waals surface area contributed by atoms with Crippen molar-refractivity contribution in [3.8, 4) is 33.6 Å². The number of rotatable bonds is 6. The second kappa shape index (κ2) is 11.1. The first-order valence-electron chi connectivity index (χ1n) is 13.8. The molecule has 41 heavy (non-hydrogen) atoms. The number of likely N-dealkylation sites (tertiary alicyclic amines) is 1. The minimum atomic E-state index is -0.908. The molecule has 0 bridgehead atoms. The molecule has 0 unspecified atom stereocenters. The number of carboxylic acid groups (broad SMARTS) is 1. The monoisotopic (exact) mass is 556 g/mol. The van der Waals surface area contributed by atoms with Crippen molar-refractivity contribution in [1.82, 2.24) is 29.7 Å². The second-order valence-corrected chi connectivity index (χ2v) is 11.4. The summed E-state index contributed by atoms with van der Waals surface area (Å²) in [6, 6.07) is 15.9. The number of carbonyl (C=O) groups is 2. The highest BCUT2D eigenvalue weighted by atomic mass is 16.6. The molecule has 0 spiro atoms. The first-order valence-corrected chi connectivity index (χ1v) is 13.8. The quantitative estimate of drug-likeness (QED) is 0.238. The Morgan fingerprint density at radius 3 is 2.05 bits per heavy atom. The summed E-state index contributed by atoms with van der Waals surface area (Å²) in [4.78, 5) is 42.6. The summed E-state index contributed by atoms with van der Waals surface area (Å²) in [6.07, 6.45) is 3.85. The van der Waals surface area contributed by atoms with Gasteiger partial charge >= 0.3 is 12.2 Å². The van der Waals surface area contributed by atoms with Gasteiger partial charge < -0.3 is 24.7 Å². The van der Waals surface area contributed by atoms with E-state index in [-0.39, 0.29) is 12.1 Å². The van der Waals surface area contributed by atoms with Gasteiger partial charge in [0.05, 0.1) is 35.9 Å². The maximum atomic E-state index is 12.4. The van der Waals surface area contributed by atoms with E-state index < -0.39 is 17.8 Å². The largest absolute Gasteiger partial charge is 0.465 e. The summed E-state index contributed by atoms with van der Waals surface area (Å²) in [5.74, 6) is 1.37. The van der Waals surface area contributed by atoms with Crippen molar-refractivity contribution < 1.29 is 19.4 Å². The fourth-order valence-electron chi connectivity index (χ4n) is 4.99. The van der Waals surface area contributed by atoms with E-state index in [1.165, 1.54) is 9.80 Å².